The van der Waals surface area contributed by atoms with Crippen molar-refractivity contribution in [3.8, 4) is 22.3 Å². The minimum atomic E-state index is -2.70. The maximum atomic E-state index is 6.63. The molecule has 0 saturated carbocycles. The summed E-state index contributed by atoms with van der Waals surface area (Å²) >= 11 is -2.70. The van der Waals surface area contributed by atoms with Gasteiger partial charge in [0.15, 0.2) is 0 Å². The Morgan fingerprint density at radius 1 is 0.517 bits per heavy atom. The second-order valence-corrected chi connectivity index (χ2v) is 35.2. The fraction of sp³-hybridized carbons (Fsp3) is 0.308. The van der Waals surface area contributed by atoms with E-state index in [1.807, 2.05) is 0 Å². The molecule has 8 rings (SSSR count). The van der Waals surface area contributed by atoms with Gasteiger partial charge in [-0.05, 0) is 0 Å². The van der Waals surface area contributed by atoms with Crippen LogP contribution in [0.4, 0.5) is 0 Å². The number of allylic oxidation sites excluding steroid dienone is 2. The topological polar surface area (TPSA) is 26.3 Å². The van der Waals surface area contributed by atoms with Gasteiger partial charge in [0.1, 0.15) is 0 Å². The monoisotopic (exact) mass is 900 g/mol. The number of hydrogen-bond acceptors (Lipinski definition) is 2. The first-order valence-corrected chi connectivity index (χ1v) is 29.5. The number of benzene rings is 4. The Labute approximate surface area is 367 Å². The Kier molecular flexibility index (Phi) is 13.2. The van der Waals surface area contributed by atoms with Crippen molar-refractivity contribution in [3.63, 3.8) is 0 Å². The van der Waals surface area contributed by atoms with Crippen molar-refractivity contribution in [2.45, 2.75) is 101 Å². The van der Waals surface area contributed by atoms with E-state index in [2.05, 4.69) is 179 Å². The summed E-state index contributed by atoms with van der Waals surface area (Å²) in [4.78, 5) is 0. The van der Waals surface area contributed by atoms with Crippen LogP contribution in [0, 0.1) is 41.5 Å². The summed E-state index contributed by atoms with van der Waals surface area (Å²) in [5.41, 5.74) is 21.4. The third kappa shape index (κ3) is 7.73. The van der Waals surface area contributed by atoms with Gasteiger partial charge in [-0.15, -0.1) is 0 Å². The molecule has 2 nitrogen and oxygen atoms in total. The fourth-order valence-corrected chi connectivity index (χ4v) is 29.1. The van der Waals surface area contributed by atoms with Gasteiger partial charge in [-0.2, -0.15) is 0 Å². The Morgan fingerprint density at radius 2 is 0.879 bits per heavy atom. The van der Waals surface area contributed by atoms with Crippen molar-refractivity contribution in [2.24, 2.45) is 0 Å². The van der Waals surface area contributed by atoms with Crippen LogP contribution in [0.2, 0.25) is 13.1 Å². The molecule has 6 heteroatoms. The fourth-order valence-electron chi connectivity index (χ4n) is 9.36. The smallest absolute Gasteiger partial charge is 1.00 e. The molecule has 2 aliphatic rings. The van der Waals surface area contributed by atoms with Crippen molar-refractivity contribution in [1.82, 2.24) is 0 Å². The molecule has 2 unspecified atom stereocenters. The summed E-state index contributed by atoms with van der Waals surface area (Å²) in [6, 6.07) is 32.6. The van der Waals surface area contributed by atoms with Crippen molar-refractivity contribution < 1.29 is 54.0 Å². The molecule has 0 aliphatic heterocycles. The first-order valence-electron chi connectivity index (χ1n) is 20.5. The normalized spacial score (nSPS) is 15.3. The van der Waals surface area contributed by atoms with Gasteiger partial charge in [0.05, 0.1) is 0 Å². The minimum Gasteiger partial charge on any atom is -1.00 e. The van der Waals surface area contributed by atoms with E-state index in [1.54, 1.807) is 0 Å². The van der Waals surface area contributed by atoms with Crippen molar-refractivity contribution in [1.29, 1.82) is 0 Å². The van der Waals surface area contributed by atoms with Crippen LogP contribution in [-0.2, 0) is 20.4 Å². The Balaban J connectivity index is 0.00000283. The zero-order valence-electron chi connectivity index (χ0n) is 36.1. The molecule has 2 atom stereocenters. The zero-order valence-corrected chi connectivity index (χ0v) is 41.1. The van der Waals surface area contributed by atoms with Crippen molar-refractivity contribution in [2.75, 3.05) is 0 Å². The summed E-state index contributed by atoms with van der Waals surface area (Å²) in [6.45, 7) is 27.8. The average Bonchev–Trinajstić information content (AvgIpc) is 3.96. The van der Waals surface area contributed by atoms with E-state index in [0.29, 0.717) is 19.1 Å². The molecule has 6 aromatic rings. The molecule has 0 fully saturated rings. The van der Waals surface area contributed by atoms with Gasteiger partial charge >= 0.3 is 345 Å². The Bertz CT molecular complexity index is 2440. The predicted octanol–water partition coefficient (Wildman–Crippen LogP) is 9.07. The van der Waals surface area contributed by atoms with E-state index in [-0.39, 0.29) is 24.8 Å². The molecule has 58 heavy (non-hydrogen) atoms. The van der Waals surface area contributed by atoms with Crippen LogP contribution >= 0.6 is 0 Å². The largest absolute Gasteiger partial charge is 1.00 e. The Hall–Kier alpha value is -3.40. The summed E-state index contributed by atoms with van der Waals surface area (Å²) in [7, 11) is 0. The summed E-state index contributed by atoms with van der Waals surface area (Å²) in [5.74, 6) is 4.99. The zero-order chi connectivity index (χ0) is 39.7. The summed E-state index contributed by atoms with van der Waals surface area (Å²) in [5, 5.41) is 0. The van der Waals surface area contributed by atoms with Gasteiger partial charge in [-0.25, -0.2) is 0 Å². The molecule has 4 aromatic carbocycles. The van der Waals surface area contributed by atoms with Gasteiger partial charge in [0.2, 0.25) is 0 Å². The molecular weight excluding hydrogens is 847 g/mol. The second-order valence-electron chi connectivity index (χ2n) is 17.3. The number of furan rings is 2. The maximum absolute atomic E-state index is 6.63. The maximum Gasteiger partial charge on any atom is -1.00 e. The quantitative estimate of drug-likeness (QED) is 0.143. The third-order valence-corrected chi connectivity index (χ3v) is 31.9. The number of halogens is 2. The number of hydrogen-bond donors (Lipinski definition) is 0. The van der Waals surface area contributed by atoms with Crippen LogP contribution in [0.25, 0.3) is 45.6 Å². The number of fused-ring (bicyclic) bond motifs is 2. The molecule has 2 aromatic heterocycles. The molecule has 298 valence electrons. The molecule has 0 radical (unpaired) electrons. The van der Waals surface area contributed by atoms with Gasteiger partial charge in [0.25, 0.3) is 0 Å². The minimum absolute atomic E-state index is 0. The first-order chi connectivity index (χ1) is 26.7. The predicted molar refractivity (Wildman–Crippen MR) is 236 cm³/mol. The summed E-state index contributed by atoms with van der Waals surface area (Å²) in [6.07, 6.45) is 5.08. The second kappa shape index (κ2) is 17.3. The molecule has 0 N–H and O–H groups in total. The van der Waals surface area contributed by atoms with Crippen LogP contribution < -0.4 is 24.8 Å². The first kappa shape index (κ1) is 44.2. The van der Waals surface area contributed by atoms with Crippen molar-refractivity contribution >= 4 is 28.7 Å². The van der Waals surface area contributed by atoms with E-state index in [0.717, 1.165) is 23.0 Å². The van der Waals surface area contributed by atoms with E-state index in [4.69, 9.17) is 8.83 Å². The molecule has 0 saturated heterocycles. The number of aryl methyl sites for hydroxylation is 4. The summed E-state index contributed by atoms with van der Waals surface area (Å²) < 4.78 is 13.9. The molecule has 0 spiro atoms. The Morgan fingerprint density at radius 3 is 1.17 bits per heavy atom. The van der Waals surface area contributed by atoms with E-state index < -0.39 is 25.8 Å². The van der Waals surface area contributed by atoms with Crippen LogP contribution in [-0.4, -0.2) is 5.43 Å². The molecule has 2 aliphatic carbocycles. The van der Waals surface area contributed by atoms with E-state index in [1.165, 1.54) is 89.0 Å². The van der Waals surface area contributed by atoms with E-state index in [9.17, 15) is 0 Å². The van der Waals surface area contributed by atoms with Gasteiger partial charge in [-0.1, -0.05) is 0 Å². The van der Waals surface area contributed by atoms with E-state index >= 15 is 0 Å². The van der Waals surface area contributed by atoms with Gasteiger partial charge in [0, 0.05) is 0 Å². The SMILES string of the molecule is Cc1ccc(C2=Cc3c(cc(C)c(C)c3-c3ccc(C(C)C)cc3)[CH]2[Zr+2]([CH]2C(c3ccc(C)o3)=Cc3c2cc(C)c(C)c3-c2ccc(C(C)C)cc2)=[Si](C)C)o1.[Cl-].[Cl-]. The molecule has 2 heterocycles. The van der Waals surface area contributed by atoms with Gasteiger partial charge in [-0.3, -0.25) is 0 Å². The third-order valence-electron chi connectivity index (χ3n) is 12.7. The van der Waals surface area contributed by atoms with Crippen molar-refractivity contribution in [3.05, 3.63) is 164 Å². The average molecular weight is 903 g/mol. The standard InChI is InChI=1S/2C25H25O.C2H6Si.2ClH.Zr/c2*1-15(2)19-7-9-20(10-8-19)25-18(5)16(3)12-21-13-22(14-23(21)25)24-11-6-17(4)26-24;1-3-2;;;/h2*6-15H,1-5H3;1-2H3;2*1H;/q;;;;;+2/p-2. The number of rotatable bonds is 8. The molecule has 0 amide bonds. The molecule has 0 bridgehead atoms. The van der Waals surface area contributed by atoms with Gasteiger partial charge < -0.3 is 24.8 Å². The van der Waals surface area contributed by atoms with Crippen LogP contribution in [0.1, 0.15) is 125 Å². The van der Waals surface area contributed by atoms with Crippen LogP contribution in [0.3, 0.4) is 0 Å². The van der Waals surface area contributed by atoms with Crippen LogP contribution in [0.15, 0.2) is 93.8 Å². The van der Waals surface area contributed by atoms with Crippen LogP contribution in [0.5, 0.6) is 0 Å². The molecular formula is C52H56Cl2O2SiZr.